The number of rotatable bonds is 5. The summed E-state index contributed by atoms with van der Waals surface area (Å²) in [5.41, 5.74) is 3.73. The molecular formula is C23H18ClN3O3S. The number of aryl methyl sites for hydroxylation is 1. The number of anilines is 1. The van der Waals surface area contributed by atoms with E-state index in [1.54, 1.807) is 12.1 Å². The minimum atomic E-state index is -0.620. The van der Waals surface area contributed by atoms with Gasteiger partial charge in [0.05, 0.1) is 0 Å². The Morgan fingerprint density at radius 1 is 1.13 bits per heavy atom. The largest absolute Gasteiger partial charge is 0.329 e. The molecule has 0 spiro atoms. The van der Waals surface area contributed by atoms with Gasteiger partial charge in [-0.1, -0.05) is 35.9 Å². The summed E-state index contributed by atoms with van der Waals surface area (Å²) in [6.45, 7) is 1.55. The fourth-order valence-corrected chi connectivity index (χ4v) is 4.12. The molecule has 1 aliphatic rings. The predicted octanol–water partition coefficient (Wildman–Crippen LogP) is 4.91. The molecule has 31 heavy (non-hydrogen) atoms. The molecule has 3 aromatic rings. The summed E-state index contributed by atoms with van der Waals surface area (Å²) in [7, 11) is 0. The van der Waals surface area contributed by atoms with Crippen LogP contribution in [-0.2, 0) is 9.59 Å². The highest BCUT2D eigenvalue weighted by atomic mass is 35.5. The summed E-state index contributed by atoms with van der Waals surface area (Å²) in [6.07, 6.45) is 1.61. The van der Waals surface area contributed by atoms with Crippen molar-refractivity contribution in [2.24, 2.45) is 0 Å². The maximum Gasteiger partial charge on any atom is 0.329 e. The third-order valence-electron chi connectivity index (χ3n) is 4.65. The zero-order chi connectivity index (χ0) is 22.0. The number of carbonyl (C=O) groups is 3. The molecule has 4 amide bonds. The number of carbonyl (C=O) groups excluding carboxylic acids is 3. The standard InChI is InChI=1S/C23H18ClN3O3S/c1-14-3-2-4-18(9-14)25-21(28)12-27-22(29)20(26-23(27)30)11-19-10-16(13-31-19)15-5-7-17(24)8-6-15/h2-11,13H,12H2,1H3,(H,25,28)(H,26,30)/b20-11-. The first-order chi connectivity index (χ1) is 14.9. The van der Waals surface area contributed by atoms with Crippen LogP contribution in [0.25, 0.3) is 17.2 Å². The molecule has 2 N–H and O–H groups in total. The molecule has 1 aliphatic heterocycles. The van der Waals surface area contributed by atoms with Crippen molar-refractivity contribution in [3.05, 3.63) is 81.1 Å². The Morgan fingerprint density at radius 2 is 1.90 bits per heavy atom. The Bertz CT molecular complexity index is 1200. The van der Waals surface area contributed by atoms with Gasteiger partial charge in [0.25, 0.3) is 5.91 Å². The zero-order valence-electron chi connectivity index (χ0n) is 16.5. The molecule has 0 saturated carbocycles. The molecule has 0 aliphatic carbocycles. The van der Waals surface area contributed by atoms with Crippen LogP contribution in [0.1, 0.15) is 10.4 Å². The predicted molar refractivity (Wildman–Crippen MR) is 123 cm³/mol. The van der Waals surface area contributed by atoms with Gasteiger partial charge in [-0.05, 0) is 65.4 Å². The fourth-order valence-electron chi connectivity index (χ4n) is 3.15. The summed E-state index contributed by atoms with van der Waals surface area (Å²) in [4.78, 5) is 38.9. The second kappa shape index (κ2) is 8.75. The van der Waals surface area contributed by atoms with Crippen molar-refractivity contribution in [1.29, 1.82) is 0 Å². The molecule has 0 bridgehead atoms. The first-order valence-corrected chi connectivity index (χ1v) is 10.7. The van der Waals surface area contributed by atoms with Crippen LogP contribution in [0.4, 0.5) is 10.5 Å². The number of benzene rings is 2. The number of hydrogen-bond acceptors (Lipinski definition) is 4. The summed E-state index contributed by atoms with van der Waals surface area (Å²) >= 11 is 7.38. The smallest absolute Gasteiger partial charge is 0.325 e. The molecule has 0 atom stereocenters. The number of nitrogens with one attached hydrogen (secondary N) is 2. The molecule has 156 valence electrons. The minimum absolute atomic E-state index is 0.137. The van der Waals surface area contributed by atoms with Gasteiger partial charge in [-0.25, -0.2) is 9.69 Å². The molecular weight excluding hydrogens is 434 g/mol. The molecule has 0 radical (unpaired) electrons. The summed E-state index contributed by atoms with van der Waals surface area (Å²) in [5.74, 6) is -0.984. The lowest BCUT2D eigenvalue weighted by atomic mass is 10.1. The maximum absolute atomic E-state index is 12.7. The van der Waals surface area contributed by atoms with E-state index in [-0.39, 0.29) is 12.2 Å². The Morgan fingerprint density at radius 3 is 2.65 bits per heavy atom. The number of nitrogens with zero attached hydrogens (tertiary/aromatic N) is 1. The van der Waals surface area contributed by atoms with E-state index in [9.17, 15) is 14.4 Å². The first-order valence-electron chi connectivity index (χ1n) is 9.44. The average molecular weight is 452 g/mol. The Balaban J connectivity index is 1.45. The lowest BCUT2D eigenvalue weighted by molar-refractivity contribution is -0.127. The van der Waals surface area contributed by atoms with Gasteiger partial charge in [0, 0.05) is 15.6 Å². The second-order valence-electron chi connectivity index (χ2n) is 7.04. The van der Waals surface area contributed by atoms with Crippen LogP contribution in [0.15, 0.2) is 65.7 Å². The molecule has 2 aromatic carbocycles. The molecule has 1 saturated heterocycles. The number of hydrogen-bond donors (Lipinski definition) is 2. The van der Waals surface area contributed by atoms with Crippen LogP contribution < -0.4 is 10.6 Å². The highest BCUT2D eigenvalue weighted by Gasteiger charge is 2.35. The van der Waals surface area contributed by atoms with Crippen molar-refractivity contribution in [2.45, 2.75) is 6.92 Å². The van der Waals surface area contributed by atoms with Crippen LogP contribution in [0.3, 0.4) is 0 Å². The number of amides is 4. The molecule has 8 heteroatoms. The van der Waals surface area contributed by atoms with E-state index in [0.29, 0.717) is 10.7 Å². The lowest BCUT2D eigenvalue weighted by Gasteiger charge is -2.12. The molecule has 1 fully saturated rings. The molecule has 4 rings (SSSR count). The van der Waals surface area contributed by atoms with Gasteiger partial charge in [0.2, 0.25) is 5.91 Å². The Hall–Kier alpha value is -3.42. The van der Waals surface area contributed by atoms with Gasteiger partial charge in [-0.15, -0.1) is 11.3 Å². The molecule has 6 nitrogen and oxygen atoms in total. The van der Waals surface area contributed by atoms with Crippen LogP contribution in [-0.4, -0.2) is 29.3 Å². The van der Waals surface area contributed by atoms with Crippen molar-refractivity contribution in [3.8, 4) is 11.1 Å². The maximum atomic E-state index is 12.7. The van der Waals surface area contributed by atoms with Crippen molar-refractivity contribution < 1.29 is 14.4 Å². The van der Waals surface area contributed by atoms with E-state index in [1.807, 2.05) is 60.8 Å². The summed E-state index contributed by atoms with van der Waals surface area (Å²) in [6, 6.07) is 16.0. The van der Waals surface area contributed by atoms with Crippen molar-refractivity contribution in [1.82, 2.24) is 10.2 Å². The summed E-state index contributed by atoms with van der Waals surface area (Å²) in [5, 5.41) is 7.87. The molecule has 2 heterocycles. The van der Waals surface area contributed by atoms with E-state index in [1.165, 1.54) is 11.3 Å². The highest BCUT2D eigenvalue weighted by Crippen LogP contribution is 2.28. The third-order valence-corrected chi connectivity index (χ3v) is 5.78. The normalized spacial score (nSPS) is 14.8. The molecule has 0 unspecified atom stereocenters. The van der Waals surface area contributed by atoms with Crippen molar-refractivity contribution >= 4 is 52.5 Å². The second-order valence-corrected chi connectivity index (χ2v) is 8.42. The van der Waals surface area contributed by atoms with Crippen LogP contribution >= 0.6 is 22.9 Å². The summed E-state index contributed by atoms with van der Waals surface area (Å²) < 4.78 is 0. The number of imide groups is 1. The third kappa shape index (κ3) is 4.84. The van der Waals surface area contributed by atoms with Gasteiger partial charge in [-0.3, -0.25) is 9.59 Å². The van der Waals surface area contributed by atoms with Crippen molar-refractivity contribution in [2.75, 3.05) is 11.9 Å². The van der Waals surface area contributed by atoms with E-state index in [4.69, 9.17) is 11.6 Å². The highest BCUT2D eigenvalue weighted by molar-refractivity contribution is 7.11. The van der Waals surface area contributed by atoms with Gasteiger partial charge >= 0.3 is 6.03 Å². The van der Waals surface area contributed by atoms with Crippen LogP contribution in [0.5, 0.6) is 0 Å². The number of urea groups is 1. The van der Waals surface area contributed by atoms with Crippen molar-refractivity contribution in [3.63, 3.8) is 0 Å². The van der Waals surface area contributed by atoms with E-state index < -0.39 is 17.8 Å². The average Bonchev–Trinajstić information content (AvgIpc) is 3.29. The number of thiophene rings is 1. The number of halogens is 1. The van der Waals surface area contributed by atoms with Gasteiger partial charge in [0.1, 0.15) is 12.2 Å². The van der Waals surface area contributed by atoms with Gasteiger partial charge < -0.3 is 10.6 Å². The quantitative estimate of drug-likeness (QED) is 0.427. The topological polar surface area (TPSA) is 78.5 Å². The monoisotopic (exact) mass is 451 g/mol. The van der Waals surface area contributed by atoms with Crippen LogP contribution in [0.2, 0.25) is 5.02 Å². The van der Waals surface area contributed by atoms with Crippen LogP contribution in [0, 0.1) is 6.92 Å². The van der Waals surface area contributed by atoms with E-state index in [0.717, 1.165) is 26.5 Å². The molecule has 1 aromatic heterocycles. The lowest BCUT2D eigenvalue weighted by Crippen LogP contribution is -2.38. The minimum Gasteiger partial charge on any atom is -0.325 e. The van der Waals surface area contributed by atoms with Gasteiger partial charge in [-0.2, -0.15) is 0 Å². The van der Waals surface area contributed by atoms with Gasteiger partial charge in [0.15, 0.2) is 0 Å². The zero-order valence-corrected chi connectivity index (χ0v) is 18.1. The SMILES string of the molecule is Cc1cccc(NC(=O)CN2C(=O)N/C(=C\c3cc(-c4ccc(Cl)cc4)cs3)C2=O)c1. The van der Waals surface area contributed by atoms with E-state index >= 15 is 0 Å². The Kier molecular flexibility index (Phi) is 5.88. The Labute approximate surface area is 188 Å². The fraction of sp³-hybridized carbons (Fsp3) is 0.0870. The van der Waals surface area contributed by atoms with E-state index in [2.05, 4.69) is 10.6 Å². The first kappa shape index (κ1) is 20.8.